The van der Waals surface area contributed by atoms with E-state index in [1.165, 1.54) is 0 Å². The van der Waals surface area contributed by atoms with Crippen molar-refractivity contribution in [2.75, 3.05) is 18.4 Å². The Kier molecular flexibility index (Phi) is 10.7. The number of amides is 1. The lowest BCUT2D eigenvalue weighted by Crippen LogP contribution is -2.21. The molecule has 0 aliphatic carbocycles. The van der Waals surface area contributed by atoms with Crippen molar-refractivity contribution in [3.8, 4) is 11.8 Å². The molecule has 0 radical (unpaired) electrons. The number of alkyl halides is 3. The molecule has 7 N–H and O–H groups in total. The molecule has 144 valence electrons. The number of hydrogen-bond donors (Lipinski definition) is 5. The van der Waals surface area contributed by atoms with Gasteiger partial charge in [0.25, 0.3) is 0 Å². The number of aliphatic hydroxyl groups excluding tert-OH is 1. The monoisotopic (exact) mass is 375 g/mol. The number of aliphatic carboxylic acids is 1. The van der Waals surface area contributed by atoms with E-state index in [9.17, 15) is 23.1 Å². The standard InChI is InChI=1S/C14H19N3O2.C2HF3O2/c15-7-1-3-11-5-6-13(9-12(11)10-18)17-14(19)4-2-8-16;3-2(4,5)1(6)7/h5-6,9,18H,2,4,7-8,10,15-16H2,(H,17,19);(H,6,7). The second-order valence-electron chi connectivity index (χ2n) is 4.78. The van der Waals surface area contributed by atoms with Crippen molar-refractivity contribution in [2.24, 2.45) is 11.5 Å². The molecule has 0 fully saturated rings. The molecule has 0 unspecified atom stereocenters. The number of hydrogen-bond acceptors (Lipinski definition) is 5. The lowest BCUT2D eigenvalue weighted by molar-refractivity contribution is -0.192. The first-order chi connectivity index (χ1) is 12.1. The number of aliphatic hydroxyl groups is 1. The van der Waals surface area contributed by atoms with Crippen molar-refractivity contribution in [3.63, 3.8) is 0 Å². The van der Waals surface area contributed by atoms with Crippen LogP contribution in [-0.2, 0) is 16.2 Å². The average Bonchev–Trinajstić information content (AvgIpc) is 2.58. The Morgan fingerprint density at radius 3 is 2.31 bits per heavy atom. The van der Waals surface area contributed by atoms with Crippen molar-refractivity contribution in [1.29, 1.82) is 0 Å². The summed E-state index contributed by atoms with van der Waals surface area (Å²) in [4.78, 5) is 20.5. The molecule has 1 rings (SSSR count). The van der Waals surface area contributed by atoms with Gasteiger partial charge in [-0.2, -0.15) is 13.2 Å². The highest BCUT2D eigenvalue weighted by atomic mass is 19.4. The minimum atomic E-state index is -5.08. The molecule has 0 aliphatic rings. The number of carboxylic acids is 1. The van der Waals surface area contributed by atoms with Crippen molar-refractivity contribution in [3.05, 3.63) is 29.3 Å². The number of rotatable bonds is 5. The Hall–Kier alpha value is -2.61. The Morgan fingerprint density at radius 2 is 1.85 bits per heavy atom. The van der Waals surface area contributed by atoms with E-state index in [0.29, 0.717) is 36.2 Å². The summed E-state index contributed by atoms with van der Waals surface area (Å²) in [7, 11) is 0. The van der Waals surface area contributed by atoms with Crippen molar-refractivity contribution < 1.29 is 33.0 Å². The van der Waals surface area contributed by atoms with E-state index in [0.717, 1.165) is 0 Å². The summed E-state index contributed by atoms with van der Waals surface area (Å²) in [5.41, 5.74) is 12.7. The zero-order valence-corrected chi connectivity index (χ0v) is 13.8. The first-order valence-corrected chi connectivity index (χ1v) is 7.38. The van der Waals surface area contributed by atoms with Gasteiger partial charge < -0.3 is 27.0 Å². The summed E-state index contributed by atoms with van der Waals surface area (Å²) in [6.07, 6.45) is -4.04. The lowest BCUT2D eigenvalue weighted by atomic mass is 10.1. The van der Waals surface area contributed by atoms with E-state index >= 15 is 0 Å². The van der Waals surface area contributed by atoms with E-state index in [2.05, 4.69) is 17.2 Å². The zero-order chi connectivity index (χ0) is 20.2. The van der Waals surface area contributed by atoms with E-state index < -0.39 is 12.1 Å². The van der Waals surface area contributed by atoms with Crippen LogP contribution < -0.4 is 16.8 Å². The molecule has 0 spiro atoms. The van der Waals surface area contributed by atoms with Gasteiger partial charge in [-0.05, 0) is 36.7 Å². The third kappa shape index (κ3) is 9.63. The fourth-order valence-corrected chi connectivity index (χ4v) is 1.56. The Balaban J connectivity index is 0.000000758. The molecular formula is C16H20F3N3O4. The second kappa shape index (κ2) is 11.9. The quantitative estimate of drug-likeness (QED) is 0.483. The average molecular weight is 375 g/mol. The Morgan fingerprint density at radius 1 is 1.23 bits per heavy atom. The van der Waals surface area contributed by atoms with Crippen LogP contribution in [-0.4, -0.2) is 41.4 Å². The van der Waals surface area contributed by atoms with Gasteiger partial charge in [-0.25, -0.2) is 4.79 Å². The van der Waals surface area contributed by atoms with Gasteiger partial charge in [0, 0.05) is 17.7 Å². The molecule has 0 saturated carbocycles. The van der Waals surface area contributed by atoms with Crippen LogP contribution in [0.5, 0.6) is 0 Å². The van der Waals surface area contributed by atoms with E-state index in [1.54, 1.807) is 18.2 Å². The molecule has 0 saturated heterocycles. The molecule has 10 heteroatoms. The fourth-order valence-electron chi connectivity index (χ4n) is 1.56. The number of benzene rings is 1. The van der Waals surface area contributed by atoms with Gasteiger partial charge in [0.05, 0.1) is 13.2 Å². The van der Waals surface area contributed by atoms with Crippen LogP contribution in [0.3, 0.4) is 0 Å². The SMILES string of the molecule is NCC#Cc1ccc(NC(=O)CCCN)cc1CO.O=C(O)C(F)(F)F. The summed E-state index contributed by atoms with van der Waals surface area (Å²) in [6, 6.07) is 5.22. The van der Waals surface area contributed by atoms with Gasteiger partial charge >= 0.3 is 12.1 Å². The van der Waals surface area contributed by atoms with Crippen molar-refractivity contribution >= 4 is 17.6 Å². The van der Waals surface area contributed by atoms with Crippen LogP contribution in [0.2, 0.25) is 0 Å². The van der Waals surface area contributed by atoms with Gasteiger partial charge in [-0.15, -0.1) is 0 Å². The van der Waals surface area contributed by atoms with Crippen LogP contribution in [0.1, 0.15) is 24.0 Å². The van der Waals surface area contributed by atoms with Gasteiger partial charge in [0.1, 0.15) is 0 Å². The predicted molar refractivity (Wildman–Crippen MR) is 88.9 cm³/mol. The zero-order valence-electron chi connectivity index (χ0n) is 13.8. The maximum Gasteiger partial charge on any atom is 0.490 e. The van der Waals surface area contributed by atoms with E-state index in [4.69, 9.17) is 21.4 Å². The highest BCUT2D eigenvalue weighted by molar-refractivity contribution is 5.90. The first-order valence-electron chi connectivity index (χ1n) is 7.38. The van der Waals surface area contributed by atoms with Crippen LogP contribution in [0.25, 0.3) is 0 Å². The van der Waals surface area contributed by atoms with E-state index in [1.807, 2.05) is 0 Å². The molecule has 1 amide bonds. The molecule has 7 nitrogen and oxygen atoms in total. The number of carbonyl (C=O) groups is 2. The summed E-state index contributed by atoms with van der Waals surface area (Å²) in [5.74, 6) is 2.76. The number of nitrogens with one attached hydrogen (secondary N) is 1. The van der Waals surface area contributed by atoms with Gasteiger partial charge in [-0.3, -0.25) is 4.79 Å². The molecule has 0 atom stereocenters. The highest BCUT2D eigenvalue weighted by Crippen LogP contribution is 2.16. The molecule has 0 aliphatic heterocycles. The fraction of sp³-hybridized carbons (Fsp3) is 0.375. The minimum absolute atomic E-state index is 0.0878. The largest absolute Gasteiger partial charge is 0.490 e. The van der Waals surface area contributed by atoms with Gasteiger partial charge in [-0.1, -0.05) is 11.8 Å². The van der Waals surface area contributed by atoms with Crippen LogP contribution >= 0.6 is 0 Å². The maximum atomic E-state index is 11.6. The minimum Gasteiger partial charge on any atom is -0.475 e. The number of anilines is 1. The predicted octanol–water partition coefficient (Wildman–Crippen LogP) is 0.800. The Bertz CT molecular complexity index is 667. The third-order valence-corrected chi connectivity index (χ3v) is 2.73. The van der Waals surface area contributed by atoms with Crippen LogP contribution in [0, 0.1) is 11.8 Å². The van der Waals surface area contributed by atoms with Crippen LogP contribution in [0.15, 0.2) is 18.2 Å². The smallest absolute Gasteiger partial charge is 0.475 e. The topological polar surface area (TPSA) is 139 Å². The summed E-state index contributed by atoms with van der Waals surface area (Å²) in [5, 5.41) is 19.2. The normalized spacial score (nSPS) is 10.1. The van der Waals surface area contributed by atoms with Crippen molar-refractivity contribution in [2.45, 2.75) is 25.6 Å². The molecule has 1 aromatic carbocycles. The summed E-state index contributed by atoms with van der Waals surface area (Å²) >= 11 is 0. The molecule has 1 aromatic rings. The number of carboxylic acid groups (broad SMARTS) is 1. The number of nitrogens with two attached hydrogens (primary N) is 2. The molecule has 0 aromatic heterocycles. The summed E-state index contributed by atoms with van der Waals surface area (Å²) in [6.45, 7) is 0.618. The summed E-state index contributed by atoms with van der Waals surface area (Å²) < 4.78 is 31.7. The number of carbonyl (C=O) groups excluding carboxylic acids is 1. The van der Waals surface area contributed by atoms with E-state index in [-0.39, 0.29) is 19.1 Å². The van der Waals surface area contributed by atoms with Crippen molar-refractivity contribution in [1.82, 2.24) is 0 Å². The first kappa shape index (κ1) is 23.4. The maximum absolute atomic E-state index is 11.6. The van der Waals surface area contributed by atoms with Gasteiger partial charge in [0.15, 0.2) is 0 Å². The highest BCUT2D eigenvalue weighted by Gasteiger charge is 2.38. The van der Waals surface area contributed by atoms with Crippen LogP contribution in [0.4, 0.5) is 18.9 Å². The molecule has 0 bridgehead atoms. The Labute approximate surface area is 148 Å². The number of halogens is 3. The molecular weight excluding hydrogens is 355 g/mol. The second-order valence-corrected chi connectivity index (χ2v) is 4.78. The lowest BCUT2D eigenvalue weighted by Gasteiger charge is -2.08. The molecule has 0 heterocycles. The third-order valence-electron chi connectivity index (χ3n) is 2.73. The molecule has 26 heavy (non-hydrogen) atoms. The van der Waals surface area contributed by atoms with Gasteiger partial charge in [0.2, 0.25) is 5.91 Å².